The number of anilines is 1. The van der Waals surface area contributed by atoms with Crippen LogP contribution in [-0.2, 0) is 63.6 Å². The molecule has 0 fully saturated rings. The smallest absolute Gasteiger partial charge is 0.405 e. The molecule has 4 bridgehead atoms. The lowest BCUT2D eigenvalue weighted by atomic mass is 9.85. The van der Waals surface area contributed by atoms with Crippen molar-refractivity contribution in [3.8, 4) is 11.5 Å². The number of carbonyl (C=O) groups is 8. The van der Waals surface area contributed by atoms with E-state index in [1.165, 1.54) is 46.7 Å². The Kier molecular flexibility index (Phi) is 44.5. The van der Waals surface area contributed by atoms with E-state index in [1.807, 2.05) is 41.9 Å². The zero-order chi connectivity index (χ0) is 76.7. The minimum Gasteiger partial charge on any atom is -1.00 e. The summed E-state index contributed by atoms with van der Waals surface area (Å²) in [7, 11) is 17.0. The van der Waals surface area contributed by atoms with Gasteiger partial charge in [0.2, 0.25) is 11.6 Å². The zero-order valence-corrected chi connectivity index (χ0v) is 64.4. The SMILES string of the molecule is C=CCNC1=C2C[C@@H](C)C[C@H](OC)[C@H](O)[C@@H](C)/C=C(\C)[C@H](OC(N)=O)[C@@H](OC)/C=C\C=C(/C)C(=O)NC(=CC1=O)C2=O.C=CC[NH2+]c1c(O)cc2c(O)c1C[C@@H](C)C[C@H](OC)[C@H](O)[C@@H](C)/C=C(\C)[C@H](OC(N)=O)[C@@H](OC)/C=C\C=C(/C)C(=O)N2.C[N+](C)(C)CC(=O)Cl.C[N+](C)(C)CC(=O)[O-].[Cl-].[Cl-]. The number of carboxylic acid groups (broad SMARTS) is 1. The molecule has 0 radical (unpaired) electrons. The van der Waals surface area contributed by atoms with Gasteiger partial charge in [-0.2, -0.15) is 0 Å². The highest BCUT2D eigenvalue weighted by atomic mass is 35.5. The summed E-state index contributed by atoms with van der Waals surface area (Å²) in [5.41, 5.74) is 13.6. The van der Waals surface area contributed by atoms with E-state index < -0.39 is 102 Å². The molecule has 27 nitrogen and oxygen atoms in total. The van der Waals surface area contributed by atoms with Crippen LogP contribution in [0, 0.1) is 23.7 Å². The highest BCUT2D eigenvalue weighted by Crippen LogP contribution is 2.41. The van der Waals surface area contributed by atoms with Gasteiger partial charge in [-0.1, -0.05) is 89.0 Å². The predicted molar refractivity (Wildman–Crippen MR) is 380 cm³/mol. The monoisotopic (exact) mass is 1500 g/mol. The molecule has 1 aromatic rings. The van der Waals surface area contributed by atoms with Crippen molar-refractivity contribution in [1.29, 1.82) is 0 Å². The number of Topliss-reactive ketones (excluding diaryl/α,β-unsaturated/α-hetero) is 1. The van der Waals surface area contributed by atoms with Gasteiger partial charge in [-0.05, 0) is 94.0 Å². The number of hydrogen-bond donors (Lipinski definition) is 10. The molecule has 2 aliphatic heterocycles. The lowest BCUT2D eigenvalue weighted by molar-refractivity contribution is -0.864. The number of hydrogen-bond acceptors (Lipinski definition) is 20. The van der Waals surface area contributed by atoms with Crippen molar-refractivity contribution in [1.82, 2.24) is 10.6 Å². The number of phenols is 2. The first-order valence-electron chi connectivity index (χ1n) is 32.5. The molecule has 4 amide bonds. The van der Waals surface area contributed by atoms with Crippen LogP contribution in [0.4, 0.5) is 21.0 Å². The molecule has 0 saturated heterocycles. The third kappa shape index (κ3) is 34.2. The standard InChI is InChI=1S/C31H45N3O8.C31H43N3O8.C5H11ClNO.C5H11NO2.2ClH/c2*1-8-12-33-26-21-13-17(2)14-25(41-7)27(36)19(4)15-20(5)29(42-31(32)39)24(40-6)11-9-10-18(3)30(38)34-22(28(21)37)16-23(26)35;1-7(2,3)4-5(6)8;1-6(2,3)4-5(7)8;;/h8-11,15-17,19,24-25,27,29,33,35-37H,1,12-14H2,2-7H3,(H2,32,39)(H,34,38);8-11,15-17,19,24-25,27,29,33,36H,1,12-14H2,2-7H3,(H2,32,39)(H,34,38);2*4H2,1-3H3;2*1H/q;;+1;;;/p-1/b2*11-9-,18-10+,20-15+;;;;/t2*17-,19+,24+,25+,27-,29+;;;;/m11..../s1. The largest absolute Gasteiger partial charge is 1.00 e. The highest BCUT2D eigenvalue weighted by molar-refractivity contribution is 6.63. The number of rotatable bonds is 16. The molecule has 3 aliphatic rings. The second-order valence-corrected chi connectivity index (χ2v) is 27.4. The first-order chi connectivity index (χ1) is 46.5. The molecule has 0 saturated carbocycles. The second-order valence-electron chi connectivity index (χ2n) is 27.0. The average Bonchev–Trinajstić information content (AvgIpc) is 0.833. The lowest BCUT2D eigenvalue weighted by Gasteiger charge is -2.30. The summed E-state index contributed by atoms with van der Waals surface area (Å²) in [6, 6.07) is 1.31. The molecule has 30 heteroatoms. The van der Waals surface area contributed by atoms with Crippen molar-refractivity contribution < 1.29 is 131 Å². The molecule has 2 heterocycles. The Morgan fingerprint density at radius 2 is 1.15 bits per heavy atom. The Hall–Kier alpha value is -7.51. The molecule has 13 N–H and O–H groups in total. The Morgan fingerprint density at radius 1 is 0.706 bits per heavy atom. The number of fused-ring (bicyclic) bond motifs is 4. The fourth-order valence-corrected chi connectivity index (χ4v) is 11.1. The van der Waals surface area contributed by atoms with E-state index in [2.05, 4.69) is 29.1 Å². The van der Waals surface area contributed by atoms with Crippen LogP contribution in [0.2, 0.25) is 0 Å². The average molecular weight is 1500 g/mol. The van der Waals surface area contributed by atoms with E-state index in [-0.39, 0.29) is 101 Å². The van der Waals surface area contributed by atoms with Gasteiger partial charge in [0.25, 0.3) is 17.1 Å². The maximum Gasteiger partial charge on any atom is 0.405 e. The molecule has 574 valence electrons. The topological polar surface area (TPSA) is 401 Å². The molecule has 0 unspecified atom stereocenters. The van der Waals surface area contributed by atoms with Gasteiger partial charge in [0.1, 0.15) is 24.5 Å². The maximum absolute atomic E-state index is 13.5. The van der Waals surface area contributed by atoms with Gasteiger partial charge in [-0.25, -0.2) is 9.59 Å². The third-order valence-corrected chi connectivity index (χ3v) is 15.9. The Bertz CT molecular complexity index is 3250. The zero-order valence-electron chi connectivity index (χ0n) is 62.1. The number of benzene rings is 1. The fourth-order valence-electron chi connectivity index (χ4n) is 10.8. The van der Waals surface area contributed by atoms with Crippen molar-refractivity contribution >= 4 is 69.8 Å². The molecule has 0 spiro atoms. The van der Waals surface area contributed by atoms with Gasteiger partial charge < -0.3 is 125 Å². The summed E-state index contributed by atoms with van der Waals surface area (Å²) in [6.07, 6.45) is 10.1. The van der Waals surface area contributed by atoms with Crippen LogP contribution in [0.3, 0.4) is 0 Å². The Balaban J connectivity index is 0. The summed E-state index contributed by atoms with van der Waals surface area (Å²) in [6.45, 7) is 22.7. The van der Waals surface area contributed by atoms with Crippen molar-refractivity contribution in [2.24, 2.45) is 35.1 Å². The van der Waals surface area contributed by atoms with E-state index in [0.717, 1.165) is 6.08 Å². The number of phenolic OH excluding ortho intramolecular Hbond substituents is 2. The Morgan fingerprint density at radius 3 is 1.51 bits per heavy atom. The van der Waals surface area contributed by atoms with E-state index in [0.29, 0.717) is 69.3 Å². The predicted octanol–water partition coefficient (Wildman–Crippen LogP) is -1.61. The third-order valence-electron chi connectivity index (χ3n) is 15.8. The molecule has 102 heavy (non-hydrogen) atoms. The van der Waals surface area contributed by atoms with Gasteiger partial charge >= 0.3 is 12.2 Å². The number of nitrogens with one attached hydrogen (secondary N) is 3. The van der Waals surface area contributed by atoms with Crippen LogP contribution in [0.5, 0.6) is 11.5 Å². The number of carbonyl (C=O) groups excluding carboxylic acids is 8. The van der Waals surface area contributed by atoms with Gasteiger partial charge in [0, 0.05) is 75.7 Å². The number of aromatic hydroxyl groups is 2. The van der Waals surface area contributed by atoms with Crippen LogP contribution < -0.4 is 62.7 Å². The van der Waals surface area contributed by atoms with E-state index in [1.54, 1.807) is 110 Å². The number of aliphatic hydroxyl groups excluding tert-OH is 2. The van der Waals surface area contributed by atoms with Crippen LogP contribution in [0.15, 0.2) is 125 Å². The van der Waals surface area contributed by atoms with Crippen molar-refractivity contribution in [2.75, 3.05) is 102 Å². The Labute approximate surface area is 618 Å². The number of nitrogens with two attached hydrogens (primary N) is 3. The molecular formula is C72H111Cl3N8O19. The number of amides is 4. The summed E-state index contributed by atoms with van der Waals surface area (Å²) < 4.78 is 34.2. The molecule has 1 aliphatic carbocycles. The fraction of sp³-hybridized carbons (Fsp3) is 0.528. The molecule has 0 aromatic heterocycles. The number of allylic oxidation sites excluding steroid dienone is 6. The highest BCUT2D eigenvalue weighted by Gasteiger charge is 2.35. The van der Waals surface area contributed by atoms with Crippen LogP contribution in [0.1, 0.15) is 80.2 Å². The van der Waals surface area contributed by atoms with E-state index in [9.17, 15) is 63.9 Å². The van der Waals surface area contributed by atoms with Gasteiger partial charge in [0.05, 0.1) is 102 Å². The first-order valence-corrected chi connectivity index (χ1v) is 32.9. The summed E-state index contributed by atoms with van der Waals surface area (Å²) in [5, 5.41) is 64.2. The molecule has 12 atom stereocenters. The van der Waals surface area contributed by atoms with Crippen molar-refractivity contribution in [2.45, 2.75) is 130 Å². The van der Waals surface area contributed by atoms with Crippen molar-refractivity contribution in [3.63, 3.8) is 0 Å². The van der Waals surface area contributed by atoms with Gasteiger partial charge in [0.15, 0.2) is 30.2 Å². The van der Waals surface area contributed by atoms with Gasteiger partial charge in [-0.15, -0.1) is 6.58 Å². The quantitative estimate of drug-likeness (QED) is 0.0169. The number of nitrogens with zero attached hydrogens (tertiary/aromatic N) is 2. The van der Waals surface area contributed by atoms with E-state index >= 15 is 0 Å². The number of methoxy groups -OCH3 is 4. The normalized spacial score (nSPS) is 26.9. The van der Waals surface area contributed by atoms with Crippen LogP contribution >= 0.6 is 11.6 Å². The van der Waals surface area contributed by atoms with Gasteiger partial charge in [-0.3, -0.25) is 24.0 Å². The number of aliphatic hydroxyl groups is 2. The van der Waals surface area contributed by atoms with Crippen molar-refractivity contribution in [3.05, 3.63) is 131 Å². The molecular weight excluding hydrogens is 1390 g/mol. The summed E-state index contributed by atoms with van der Waals surface area (Å²) in [4.78, 5) is 96.1. The summed E-state index contributed by atoms with van der Waals surface area (Å²) in [5.74, 6) is -4.43. The van der Waals surface area contributed by atoms with Crippen LogP contribution in [-0.4, -0.2) is 222 Å². The second kappa shape index (κ2) is 47.0. The minimum absolute atomic E-state index is 0. The molecule has 1 aromatic carbocycles. The van der Waals surface area contributed by atoms with E-state index in [4.69, 9.17) is 51.5 Å². The van der Waals surface area contributed by atoms with Crippen LogP contribution in [0.25, 0.3) is 0 Å². The molecule has 4 rings (SSSR count). The minimum atomic E-state index is -1.00. The number of carboxylic acids is 1. The number of quaternary nitrogens is 3. The summed E-state index contributed by atoms with van der Waals surface area (Å²) >= 11 is 5.11. The number of primary amides is 2. The lowest BCUT2D eigenvalue weighted by Crippen LogP contribution is -3.00. The maximum atomic E-state index is 13.5. The number of halogens is 3. The first kappa shape index (κ1) is 96.5. The number of ketones is 2. The number of ether oxygens (including phenoxy) is 6. The number of likely N-dealkylation sites (N-methyl/N-ethyl adjacent to an activating group) is 2. The number of aliphatic carboxylic acids is 1.